The summed E-state index contributed by atoms with van der Waals surface area (Å²) < 4.78 is 4.58. The van der Waals surface area contributed by atoms with E-state index >= 15 is 0 Å². The molecule has 0 bridgehead atoms. The fourth-order valence-corrected chi connectivity index (χ4v) is 1.70. The molecule has 0 spiro atoms. The molecule has 0 fully saturated rings. The summed E-state index contributed by atoms with van der Waals surface area (Å²) >= 11 is 0. The van der Waals surface area contributed by atoms with Gasteiger partial charge in [0, 0.05) is 6.07 Å². The lowest BCUT2D eigenvalue weighted by Gasteiger charge is -2.10. The minimum atomic E-state index is -0.966. The number of hydrogen-bond acceptors (Lipinski definition) is 6. The van der Waals surface area contributed by atoms with Crippen LogP contribution in [0.15, 0.2) is 41.1 Å². The van der Waals surface area contributed by atoms with Crippen molar-refractivity contribution in [1.29, 1.82) is 0 Å². The Bertz CT molecular complexity index is 642. The molecule has 0 N–H and O–H groups in total. The summed E-state index contributed by atoms with van der Waals surface area (Å²) in [7, 11) is 0. The molecule has 7 heteroatoms. The first-order chi connectivity index (χ1) is 9.18. The van der Waals surface area contributed by atoms with Crippen LogP contribution in [0.3, 0.4) is 0 Å². The number of hydrogen-bond donors (Lipinski definition) is 0. The number of fused-ring (bicyclic) bond motifs is 1. The van der Waals surface area contributed by atoms with Crippen molar-refractivity contribution in [2.45, 2.75) is 0 Å². The third-order valence-corrected chi connectivity index (χ3v) is 2.57. The molecule has 0 aliphatic carbocycles. The van der Waals surface area contributed by atoms with Crippen LogP contribution >= 0.6 is 0 Å². The molecule has 0 saturated heterocycles. The number of hydroxylamine groups is 2. The minimum absolute atomic E-state index is 0.192. The minimum Gasteiger partial charge on any atom is -0.349 e. The van der Waals surface area contributed by atoms with Crippen molar-refractivity contribution in [3.05, 3.63) is 53.4 Å². The molecule has 94 valence electrons. The summed E-state index contributed by atoms with van der Waals surface area (Å²) in [6, 6.07) is 7.47. The summed E-state index contributed by atoms with van der Waals surface area (Å²) in [5, 5.41) is 3.74. The van der Waals surface area contributed by atoms with Gasteiger partial charge in [-0.1, -0.05) is 22.4 Å². The standard InChI is InChI=1S/C12H6N2O5/c15-10-7-3-1-2-4-8(7)11(16)14(10)19-12(17)9-5-6-13-18-9/h1-6H. The zero-order valence-electron chi connectivity index (χ0n) is 9.40. The van der Waals surface area contributed by atoms with Crippen LogP contribution in [0.1, 0.15) is 31.3 Å². The van der Waals surface area contributed by atoms with E-state index in [0.29, 0.717) is 5.06 Å². The highest BCUT2D eigenvalue weighted by molar-refractivity contribution is 6.21. The van der Waals surface area contributed by atoms with Crippen molar-refractivity contribution in [3.63, 3.8) is 0 Å². The van der Waals surface area contributed by atoms with E-state index in [9.17, 15) is 14.4 Å². The third kappa shape index (κ3) is 1.68. The fraction of sp³-hybridized carbons (Fsp3) is 0. The maximum Gasteiger partial charge on any atom is 0.401 e. The lowest BCUT2D eigenvalue weighted by molar-refractivity contribution is -0.0607. The predicted molar refractivity (Wildman–Crippen MR) is 58.9 cm³/mol. The maximum atomic E-state index is 11.9. The summed E-state index contributed by atoms with van der Waals surface area (Å²) in [5.74, 6) is -2.54. The van der Waals surface area contributed by atoms with E-state index in [1.807, 2.05) is 0 Å². The maximum absolute atomic E-state index is 11.9. The van der Waals surface area contributed by atoms with Crippen LogP contribution in [0.25, 0.3) is 0 Å². The molecule has 0 unspecified atom stereocenters. The summed E-state index contributed by atoms with van der Waals surface area (Å²) in [5.41, 5.74) is 0.385. The number of benzene rings is 1. The molecule has 1 aromatic heterocycles. The van der Waals surface area contributed by atoms with Crippen molar-refractivity contribution in [3.8, 4) is 0 Å². The number of amides is 2. The van der Waals surface area contributed by atoms with Crippen LogP contribution in [0.4, 0.5) is 0 Å². The Morgan fingerprint density at radius 1 is 1.11 bits per heavy atom. The van der Waals surface area contributed by atoms with E-state index in [2.05, 4.69) is 9.68 Å². The number of rotatable bonds is 2. The molecule has 19 heavy (non-hydrogen) atoms. The highest BCUT2D eigenvalue weighted by Crippen LogP contribution is 2.23. The Hall–Kier alpha value is -2.96. The average molecular weight is 258 g/mol. The largest absolute Gasteiger partial charge is 0.401 e. The summed E-state index contributed by atoms with van der Waals surface area (Å²) in [6.45, 7) is 0. The van der Waals surface area contributed by atoms with E-state index in [0.717, 1.165) is 0 Å². The average Bonchev–Trinajstić information content (AvgIpc) is 3.03. The van der Waals surface area contributed by atoms with Gasteiger partial charge in [-0.25, -0.2) is 4.79 Å². The quantitative estimate of drug-likeness (QED) is 0.747. The Kier molecular flexibility index (Phi) is 2.38. The van der Waals surface area contributed by atoms with E-state index in [1.54, 1.807) is 12.1 Å². The SMILES string of the molecule is O=C(ON1C(=O)c2ccccc2C1=O)c1ccno1. The van der Waals surface area contributed by atoms with Gasteiger partial charge in [0.15, 0.2) is 0 Å². The molecule has 7 nitrogen and oxygen atoms in total. The molecule has 0 radical (unpaired) electrons. The molecule has 0 atom stereocenters. The van der Waals surface area contributed by atoms with Crippen molar-refractivity contribution >= 4 is 17.8 Å². The first-order valence-corrected chi connectivity index (χ1v) is 5.29. The highest BCUT2D eigenvalue weighted by Gasteiger charge is 2.39. The van der Waals surface area contributed by atoms with Crippen LogP contribution in [0.5, 0.6) is 0 Å². The van der Waals surface area contributed by atoms with Gasteiger partial charge in [0.25, 0.3) is 11.8 Å². The van der Waals surface area contributed by atoms with Gasteiger partial charge in [0.2, 0.25) is 5.76 Å². The van der Waals surface area contributed by atoms with E-state index in [-0.39, 0.29) is 16.9 Å². The Morgan fingerprint density at radius 2 is 1.74 bits per heavy atom. The molecular formula is C12H6N2O5. The number of carbonyl (C=O) groups excluding carboxylic acids is 3. The van der Waals surface area contributed by atoms with Crippen LogP contribution in [0, 0.1) is 0 Å². The first kappa shape index (κ1) is 11.1. The highest BCUT2D eigenvalue weighted by atomic mass is 16.7. The molecule has 3 rings (SSSR count). The zero-order valence-corrected chi connectivity index (χ0v) is 9.40. The van der Waals surface area contributed by atoms with Crippen molar-refractivity contribution in [2.24, 2.45) is 0 Å². The van der Waals surface area contributed by atoms with Gasteiger partial charge in [-0.2, -0.15) is 0 Å². The van der Waals surface area contributed by atoms with Crippen molar-refractivity contribution in [2.75, 3.05) is 0 Å². The van der Waals surface area contributed by atoms with Gasteiger partial charge in [-0.15, -0.1) is 0 Å². The molecule has 1 aliphatic heterocycles. The van der Waals surface area contributed by atoms with E-state index in [1.165, 1.54) is 24.4 Å². The van der Waals surface area contributed by atoms with Crippen LogP contribution in [0.2, 0.25) is 0 Å². The molecule has 1 aliphatic rings. The second-order valence-electron chi connectivity index (χ2n) is 3.71. The monoisotopic (exact) mass is 258 g/mol. The zero-order chi connectivity index (χ0) is 13.4. The number of imide groups is 1. The second-order valence-corrected chi connectivity index (χ2v) is 3.71. The molecule has 0 saturated carbocycles. The van der Waals surface area contributed by atoms with Gasteiger partial charge < -0.3 is 9.36 Å². The first-order valence-electron chi connectivity index (χ1n) is 5.29. The Morgan fingerprint density at radius 3 is 2.26 bits per heavy atom. The normalized spacial score (nSPS) is 13.6. The number of aromatic nitrogens is 1. The summed E-state index contributed by atoms with van der Waals surface area (Å²) in [4.78, 5) is 40.1. The van der Waals surface area contributed by atoms with Gasteiger partial charge in [0.1, 0.15) is 0 Å². The van der Waals surface area contributed by atoms with E-state index in [4.69, 9.17) is 4.84 Å². The molecule has 2 amide bonds. The van der Waals surface area contributed by atoms with Crippen LogP contribution in [-0.4, -0.2) is 28.0 Å². The molecule has 2 heterocycles. The smallest absolute Gasteiger partial charge is 0.349 e. The van der Waals surface area contributed by atoms with Gasteiger partial charge >= 0.3 is 5.97 Å². The molecule has 2 aromatic rings. The Labute approximate surface area is 106 Å². The van der Waals surface area contributed by atoms with Gasteiger partial charge in [-0.05, 0) is 12.1 Å². The van der Waals surface area contributed by atoms with Crippen molar-refractivity contribution in [1.82, 2.24) is 10.2 Å². The summed E-state index contributed by atoms with van der Waals surface area (Å²) in [6.07, 6.45) is 1.25. The van der Waals surface area contributed by atoms with E-state index < -0.39 is 17.8 Å². The number of nitrogens with zero attached hydrogens (tertiary/aromatic N) is 2. The Balaban J connectivity index is 1.87. The fourth-order valence-electron chi connectivity index (χ4n) is 1.70. The number of carbonyl (C=O) groups is 3. The second kappa shape index (κ2) is 4.05. The molecule has 1 aromatic carbocycles. The van der Waals surface area contributed by atoms with Crippen LogP contribution < -0.4 is 0 Å². The topological polar surface area (TPSA) is 89.7 Å². The molecular weight excluding hydrogens is 252 g/mol. The van der Waals surface area contributed by atoms with Gasteiger partial charge in [-0.3, -0.25) is 9.59 Å². The predicted octanol–water partition coefficient (Wildman–Crippen LogP) is 1.04. The lowest BCUT2D eigenvalue weighted by Crippen LogP contribution is -2.32. The third-order valence-electron chi connectivity index (χ3n) is 2.57. The van der Waals surface area contributed by atoms with Crippen molar-refractivity contribution < 1.29 is 23.7 Å². The van der Waals surface area contributed by atoms with Crippen LogP contribution in [-0.2, 0) is 4.84 Å². The van der Waals surface area contributed by atoms with Gasteiger partial charge in [0.05, 0.1) is 17.3 Å². The lowest BCUT2D eigenvalue weighted by atomic mass is 10.1.